The van der Waals surface area contributed by atoms with Crippen LogP contribution < -0.4 is 11.3 Å². The summed E-state index contributed by atoms with van der Waals surface area (Å²) in [7, 11) is -1.32. The third kappa shape index (κ3) is 2.27. The Balaban J connectivity index is 2.15. The van der Waals surface area contributed by atoms with Gasteiger partial charge in [0, 0.05) is 12.6 Å². The van der Waals surface area contributed by atoms with Gasteiger partial charge in [-0.2, -0.15) is 0 Å². The zero-order chi connectivity index (χ0) is 15.2. The molecule has 0 saturated carbocycles. The average Bonchev–Trinajstić information content (AvgIpc) is 2.89. The van der Waals surface area contributed by atoms with Crippen LogP contribution in [0.5, 0.6) is 0 Å². The SMILES string of the molecule is Cn1c(-c2ccccc2)c(N)c(=O)n1C1CCS(=O)(=O)C1. The Hall–Kier alpha value is -2.02. The molecule has 7 heteroatoms. The molecule has 6 nitrogen and oxygen atoms in total. The highest BCUT2D eigenvalue weighted by Crippen LogP contribution is 2.28. The highest BCUT2D eigenvalue weighted by Gasteiger charge is 2.32. The molecule has 1 aliphatic rings. The van der Waals surface area contributed by atoms with E-state index in [1.807, 2.05) is 30.3 Å². The summed E-state index contributed by atoms with van der Waals surface area (Å²) in [6.45, 7) is 0. The molecule has 1 aromatic heterocycles. The van der Waals surface area contributed by atoms with Crippen LogP contribution >= 0.6 is 0 Å². The van der Waals surface area contributed by atoms with E-state index in [2.05, 4.69) is 0 Å². The number of aromatic nitrogens is 2. The summed E-state index contributed by atoms with van der Waals surface area (Å²) in [6, 6.07) is 9.04. The molecule has 0 aliphatic carbocycles. The van der Waals surface area contributed by atoms with Gasteiger partial charge in [0.1, 0.15) is 5.69 Å². The van der Waals surface area contributed by atoms with Crippen LogP contribution in [0.15, 0.2) is 35.1 Å². The third-order valence-electron chi connectivity index (χ3n) is 3.94. The van der Waals surface area contributed by atoms with Crippen molar-refractivity contribution in [2.45, 2.75) is 12.5 Å². The Morgan fingerprint density at radius 2 is 1.90 bits per heavy atom. The number of benzene rings is 1. The first kappa shape index (κ1) is 13.9. The lowest BCUT2D eigenvalue weighted by Gasteiger charge is -2.14. The molecule has 1 aromatic carbocycles. The Labute approximate surface area is 122 Å². The molecule has 21 heavy (non-hydrogen) atoms. The van der Waals surface area contributed by atoms with Crippen molar-refractivity contribution in [2.75, 3.05) is 17.2 Å². The molecule has 1 atom stereocenters. The highest BCUT2D eigenvalue weighted by atomic mass is 32.2. The number of hydrogen-bond donors (Lipinski definition) is 1. The molecule has 1 aliphatic heterocycles. The molecule has 0 radical (unpaired) electrons. The number of hydrogen-bond acceptors (Lipinski definition) is 4. The quantitative estimate of drug-likeness (QED) is 0.889. The van der Waals surface area contributed by atoms with Crippen molar-refractivity contribution in [2.24, 2.45) is 7.05 Å². The number of nitrogens with zero attached hydrogens (tertiary/aromatic N) is 2. The van der Waals surface area contributed by atoms with Crippen molar-refractivity contribution < 1.29 is 8.42 Å². The molecule has 0 spiro atoms. The van der Waals surface area contributed by atoms with Gasteiger partial charge in [-0.25, -0.2) is 13.1 Å². The fourth-order valence-corrected chi connectivity index (χ4v) is 4.65. The van der Waals surface area contributed by atoms with Crippen LogP contribution in [-0.4, -0.2) is 29.3 Å². The van der Waals surface area contributed by atoms with Gasteiger partial charge in [0.2, 0.25) is 0 Å². The smallest absolute Gasteiger partial charge is 0.290 e. The van der Waals surface area contributed by atoms with Gasteiger partial charge >= 0.3 is 0 Å². The van der Waals surface area contributed by atoms with Crippen LogP contribution in [0.2, 0.25) is 0 Å². The summed E-state index contributed by atoms with van der Waals surface area (Å²) in [5.41, 5.74) is 7.28. The van der Waals surface area contributed by atoms with Crippen LogP contribution in [0.3, 0.4) is 0 Å². The molecule has 0 bridgehead atoms. The summed E-state index contributed by atoms with van der Waals surface area (Å²) in [5.74, 6) is 0.119. The standard InChI is InChI=1S/C14H17N3O3S/c1-16-13(10-5-3-2-4-6-10)12(15)14(18)17(16)11-7-8-21(19,20)9-11/h2-6,11H,7-9,15H2,1H3. The fourth-order valence-electron chi connectivity index (χ4n) is 2.96. The molecule has 1 fully saturated rings. The van der Waals surface area contributed by atoms with E-state index in [9.17, 15) is 13.2 Å². The number of nitrogen functional groups attached to an aromatic ring is 1. The molecular weight excluding hydrogens is 290 g/mol. The zero-order valence-corrected chi connectivity index (χ0v) is 12.5. The molecule has 3 rings (SSSR count). The van der Waals surface area contributed by atoms with E-state index in [0.29, 0.717) is 12.1 Å². The van der Waals surface area contributed by atoms with Gasteiger partial charge in [0.15, 0.2) is 9.84 Å². The average molecular weight is 307 g/mol. The summed E-state index contributed by atoms with van der Waals surface area (Å²) in [4.78, 5) is 12.4. The number of nitrogens with two attached hydrogens (primary N) is 1. The molecule has 1 unspecified atom stereocenters. The molecule has 2 aromatic rings. The Kier molecular flexibility index (Phi) is 3.16. The Morgan fingerprint density at radius 1 is 1.24 bits per heavy atom. The minimum absolute atomic E-state index is 0.00156. The summed E-state index contributed by atoms with van der Waals surface area (Å²) >= 11 is 0. The van der Waals surface area contributed by atoms with Crippen LogP contribution in [0, 0.1) is 0 Å². The van der Waals surface area contributed by atoms with Gasteiger partial charge in [-0.3, -0.25) is 9.48 Å². The second kappa shape index (κ2) is 4.77. The summed E-state index contributed by atoms with van der Waals surface area (Å²) in [5, 5.41) is 0. The largest absolute Gasteiger partial charge is 0.392 e. The van der Waals surface area contributed by atoms with Crippen molar-refractivity contribution in [3.05, 3.63) is 40.7 Å². The van der Waals surface area contributed by atoms with E-state index in [4.69, 9.17) is 5.73 Å². The number of sulfone groups is 1. The van der Waals surface area contributed by atoms with E-state index < -0.39 is 9.84 Å². The molecular formula is C14H17N3O3S. The normalized spacial score (nSPS) is 20.7. The summed E-state index contributed by atoms with van der Waals surface area (Å²) in [6.07, 6.45) is 0.452. The van der Waals surface area contributed by atoms with Gasteiger partial charge in [-0.15, -0.1) is 0 Å². The van der Waals surface area contributed by atoms with E-state index in [1.54, 1.807) is 11.7 Å². The van der Waals surface area contributed by atoms with Gasteiger partial charge < -0.3 is 5.73 Å². The highest BCUT2D eigenvalue weighted by molar-refractivity contribution is 7.91. The lowest BCUT2D eigenvalue weighted by Crippen LogP contribution is -2.28. The Bertz CT molecular complexity index is 834. The van der Waals surface area contributed by atoms with E-state index in [0.717, 1.165) is 5.56 Å². The van der Waals surface area contributed by atoms with Gasteiger partial charge in [-0.1, -0.05) is 30.3 Å². The predicted molar refractivity (Wildman–Crippen MR) is 81.8 cm³/mol. The predicted octanol–water partition coefficient (Wildman–Crippen LogP) is 0.796. The first-order valence-corrected chi connectivity index (χ1v) is 8.55. The first-order valence-electron chi connectivity index (χ1n) is 6.73. The van der Waals surface area contributed by atoms with E-state index in [-0.39, 0.29) is 28.8 Å². The minimum Gasteiger partial charge on any atom is -0.392 e. The molecule has 112 valence electrons. The van der Waals surface area contributed by atoms with Gasteiger partial charge in [-0.05, 0) is 6.42 Å². The number of rotatable bonds is 2. The maximum absolute atomic E-state index is 12.4. The topological polar surface area (TPSA) is 87.1 Å². The molecule has 1 saturated heterocycles. The Morgan fingerprint density at radius 3 is 2.48 bits per heavy atom. The monoisotopic (exact) mass is 307 g/mol. The molecule has 0 amide bonds. The van der Waals surface area contributed by atoms with Crippen molar-refractivity contribution in [1.82, 2.24) is 9.36 Å². The van der Waals surface area contributed by atoms with Crippen LogP contribution in [0.4, 0.5) is 5.69 Å². The zero-order valence-electron chi connectivity index (χ0n) is 11.7. The number of anilines is 1. The van der Waals surface area contributed by atoms with Crippen molar-refractivity contribution >= 4 is 15.5 Å². The van der Waals surface area contributed by atoms with Crippen LogP contribution in [0.1, 0.15) is 12.5 Å². The maximum atomic E-state index is 12.4. The maximum Gasteiger partial charge on any atom is 0.290 e. The first-order chi connectivity index (χ1) is 9.91. The van der Waals surface area contributed by atoms with Crippen LogP contribution in [-0.2, 0) is 16.9 Å². The summed E-state index contributed by atoms with van der Waals surface area (Å²) < 4.78 is 26.4. The second-order valence-electron chi connectivity index (χ2n) is 5.36. The second-order valence-corrected chi connectivity index (χ2v) is 7.59. The fraction of sp³-hybridized carbons (Fsp3) is 0.357. The molecule has 2 N–H and O–H groups in total. The lowest BCUT2D eigenvalue weighted by atomic mass is 10.1. The van der Waals surface area contributed by atoms with Gasteiger partial charge in [0.05, 0.1) is 23.2 Å². The minimum atomic E-state index is -3.06. The lowest BCUT2D eigenvalue weighted by molar-refractivity contribution is 0.421. The third-order valence-corrected chi connectivity index (χ3v) is 5.69. The van der Waals surface area contributed by atoms with Crippen LogP contribution in [0.25, 0.3) is 11.3 Å². The van der Waals surface area contributed by atoms with Crippen molar-refractivity contribution in [3.8, 4) is 11.3 Å². The van der Waals surface area contributed by atoms with Crippen molar-refractivity contribution in [1.29, 1.82) is 0 Å². The van der Waals surface area contributed by atoms with Crippen molar-refractivity contribution in [3.63, 3.8) is 0 Å². The molecule has 2 heterocycles. The van der Waals surface area contributed by atoms with E-state index >= 15 is 0 Å². The van der Waals surface area contributed by atoms with E-state index in [1.165, 1.54) is 4.68 Å². The van der Waals surface area contributed by atoms with Gasteiger partial charge in [0.25, 0.3) is 5.56 Å².